The number of halogens is 1. The van der Waals surface area contributed by atoms with Crippen molar-refractivity contribution >= 4 is 23.2 Å². The van der Waals surface area contributed by atoms with Crippen LogP contribution in [-0.2, 0) is 6.54 Å². The lowest BCUT2D eigenvalue weighted by Gasteiger charge is -2.60. The predicted molar refractivity (Wildman–Crippen MR) is 123 cm³/mol. The van der Waals surface area contributed by atoms with Gasteiger partial charge in [0.25, 0.3) is 5.91 Å². The monoisotopic (exact) mass is 422 g/mol. The highest BCUT2D eigenvalue weighted by Gasteiger charge is 2.54. The van der Waals surface area contributed by atoms with Gasteiger partial charge in [0, 0.05) is 42.5 Å². The van der Waals surface area contributed by atoms with Crippen LogP contribution in [0, 0.1) is 17.8 Å². The molecule has 30 heavy (non-hydrogen) atoms. The third kappa shape index (κ3) is 3.62. The molecule has 0 atom stereocenters. The van der Waals surface area contributed by atoms with Crippen molar-refractivity contribution in [2.24, 2.45) is 17.8 Å². The SMILES string of the molecule is CN(C)c1ccc(CN(C(=O)c2ccc(Cl)cc2)C23CC4CC(CC(C4)C2)C3)cc1. The second kappa shape index (κ2) is 7.60. The van der Waals surface area contributed by atoms with Crippen LogP contribution in [0.4, 0.5) is 5.69 Å². The number of carbonyl (C=O) groups is 1. The van der Waals surface area contributed by atoms with Gasteiger partial charge >= 0.3 is 0 Å². The maximum Gasteiger partial charge on any atom is 0.254 e. The Hall–Kier alpha value is -2.00. The molecule has 0 unspecified atom stereocenters. The van der Waals surface area contributed by atoms with Crippen LogP contribution in [-0.4, -0.2) is 30.4 Å². The van der Waals surface area contributed by atoms with Crippen LogP contribution < -0.4 is 4.90 Å². The molecule has 0 aromatic heterocycles. The molecule has 0 N–H and O–H groups in total. The van der Waals surface area contributed by atoms with Gasteiger partial charge in [-0.3, -0.25) is 4.79 Å². The fourth-order valence-corrected chi connectivity index (χ4v) is 6.81. The smallest absolute Gasteiger partial charge is 0.254 e. The van der Waals surface area contributed by atoms with E-state index in [-0.39, 0.29) is 11.4 Å². The number of nitrogens with zero attached hydrogens (tertiary/aromatic N) is 2. The molecule has 2 aromatic carbocycles. The van der Waals surface area contributed by atoms with Gasteiger partial charge in [-0.05, 0) is 98.2 Å². The van der Waals surface area contributed by atoms with Crippen LogP contribution in [0.15, 0.2) is 48.5 Å². The average Bonchev–Trinajstić information content (AvgIpc) is 2.71. The average molecular weight is 423 g/mol. The van der Waals surface area contributed by atoms with Crippen LogP contribution in [0.3, 0.4) is 0 Å². The Morgan fingerprint density at radius 3 is 1.93 bits per heavy atom. The van der Waals surface area contributed by atoms with E-state index < -0.39 is 0 Å². The zero-order valence-corrected chi connectivity index (χ0v) is 18.7. The van der Waals surface area contributed by atoms with E-state index in [9.17, 15) is 4.79 Å². The van der Waals surface area contributed by atoms with Gasteiger partial charge in [0.2, 0.25) is 0 Å². The van der Waals surface area contributed by atoms with Gasteiger partial charge in [-0.15, -0.1) is 0 Å². The third-order valence-electron chi connectivity index (χ3n) is 7.71. The Labute approximate surface area is 185 Å². The molecule has 4 bridgehead atoms. The van der Waals surface area contributed by atoms with E-state index in [1.807, 2.05) is 24.3 Å². The minimum Gasteiger partial charge on any atom is -0.378 e. The van der Waals surface area contributed by atoms with E-state index in [0.29, 0.717) is 11.6 Å². The molecule has 0 radical (unpaired) electrons. The number of rotatable bonds is 5. The van der Waals surface area contributed by atoms with Crippen molar-refractivity contribution in [1.29, 1.82) is 0 Å². The molecule has 0 heterocycles. The molecule has 4 saturated carbocycles. The Morgan fingerprint density at radius 1 is 0.900 bits per heavy atom. The number of hydrogen-bond acceptors (Lipinski definition) is 2. The van der Waals surface area contributed by atoms with E-state index in [0.717, 1.165) is 23.3 Å². The second-order valence-electron chi connectivity index (χ2n) is 10.1. The quantitative estimate of drug-likeness (QED) is 0.588. The van der Waals surface area contributed by atoms with Gasteiger partial charge in [-0.2, -0.15) is 0 Å². The van der Waals surface area contributed by atoms with Crippen LogP contribution in [0.5, 0.6) is 0 Å². The first-order chi connectivity index (χ1) is 14.4. The molecule has 2 aromatic rings. The van der Waals surface area contributed by atoms with Crippen LogP contribution >= 0.6 is 11.6 Å². The minimum atomic E-state index is 0.0195. The first kappa shape index (κ1) is 19.9. The Bertz CT molecular complexity index is 884. The summed E-state index contributed by atoms with van der Waals surface area (Å²) in [4.78, 5) is 18.2. The topological polar surface area (TPSA) is 23.6 Å². The summed E-state index contributed by atoms with van der Waals surface area (Å²) in [6.45, 7) is 0.682. The molecule has 4 aliphatic rings. The molecule has 1 amide bonds. The molecule has 4 aliphatic carbocycles. The van der Waals surface area contributed by atoms with Gasteiger partial charge in [-0.1, -0.05) is 23.7 Å². The summed E-state index contributed by atoms with van der Waals surface area (Å²) in [6, 6.07) is 16.1. The van der Waals surface area contributed by atoms with E-state index in [1.165, 1.54) is 49.8 Å². The molecular formula is C26H31ClN2O. The van der Waals surface area contributed by atoms with Crippen molar-refractivity contribution in [2.75, 3.05) is 19.0 Å². The largest absolute Gasteiger partial charge is 0.378 e. The van der Waals surface area contributed by atoms with Crippen LogP contribution in [0.25, 0.3) is 0 Å². The number of hydrogen-bond donors (Lipinski definition) is 0. The molecule has 4 heteroatoms. The summed E-state index contributed by atoms with van der Waals surface area (Å²) in [5.41, 5.74) is 3.16. The Kier molecular flexibility index (Phi) is 5.05. The summed E-state index contributed by atoms with van der Waals surface area (Å²) < 4.78 is 0. The van der Waals surface area contributed by atoms with Gasteiger partial charge in [0.05, 0.1) is 0 Å². The maximum absolute atomic E-state index is 13.8. The molecule has 4 fully saturated rings. The van der Waals surface area contributed by atoms with Crippen LogP contribution in [0.1, 0.15) is 54.4 Å². The molecular weight excluding hydrogens is 392 g/mol. The van der Waals surface area contributed by atoms with Crippen molar-refractivity contribution in [3.8, 4) is 0 Å². The van der Waals surface area contributed by atoms with Gasteiger partial charge in [0.1, 0.15) is 0 Å². The number of amides is 1. The fourth-order valence-electron chi connectivity index (χ4n) is 6.68. The molecule has 0 saturated heterocycles. The van der Waals surface area contributed by atoms with Crippen molar-refractivity contribution in [3.05, 3.63) is 64.7 Å². The fraction of sp³-hybridized carbons (Fsp3) is 0.500. The normalized spacial score (nSPS) is 29.1. The Balaban J connectivity index is 1.49. The number of anilines is 1. The molecule has 0 aliphatic heterocycles. The van der Waals surface area contributed by atoms with E-state index in [4.69, 9.17) is 11.6 Å². The second-order valence-corrected chi connectivity index (χ2v) is 10.5. The van der Waals surface area contributed by atoms with Crippen molar-refractivity contribution in [3.63, 3.8) is 0 Å². The van der Waals surface area contributed by atoms with Gasteiger partial charge in [-0.25, -0.2) is 0 Å². The highest BCUT2D eigenvalue weighted by molar-refractivity contribution is 6.30. The van der Waals surface area contributed by atoms with Crippen molar-refractivity contribution < 1.29 is 4.79 Å². The molecule has 0 spiro atoms. The number of carbonyl (C=O) groups excluding carboxylic acids is 1. The molecule has 3 nitrogen and oxygen atoms in total. The lowest BCUT2D eigenvalue weighted by atomic mass is 9.52. The highest BCUT2D eigenvalue weighted by atomic mass is 35.5. The standard InChI is InChI=1S/C26H31ClN2O/c1-28(2)24-9-3-18(4-10-24)17-29(25(30)22-5-7-23(27)8-6-22)26-14-19-11-20(15-26)13-21(12-19)16-26/h3-10,19-21H,11-17H2,1-2H3. The van der Waals surface area contributed by atoms with Gasteiger partial charge < -0.3 is 9.80 Å². The van der Waals surface area contributed by atoms with Crippen molar-refractivity contribution in [2.45, 2.75) is 50.6 Å². The van der Waals surface area contributed by atoms with Crippen LogP contribution in [0.2, 0.25) is 5.02 Å². The van der Waals surface area contributed by atoms with Crippen molar-refractivity contribution in [1.82, 2.24) is 4.90 Å². The third-order valence-corrected chi connectivity index (χ3v) is 7.96. The predicted octanol–water partition coefficient (Wildman–Crippen LogP) is 6.02. The van der Waals surface area contributed by atoms with E-state index in [2.05, 4.69) is 48.2 Å². The van der Waals surface area contributed by atoms with Gasteiger partial charge in [0.15, 0.2) is 0 Å². The first-order valence-corrected chi connectivity index (χ1v) is 11.6. The lowest BCUT2D eigenvalue weighted by molar-refractivity contribution is -0.0775. The first-order valence-electron chi connectivity index (χ1n) is 11.3. The summed E-state index contributed by atoms with van der Waals surface area (Å²) in [6.07, 6.45) is 7.65. The summed E-state index contributed by atoms with van der Waals surface area (Å²) in [5.74, 6) is 2.55. The van der Waals surface area contributed by atoms with E-state index >= 15 is 0 Å². The zero-order valence-electron chi connectivity index (χ0n) is 18.0. The molecule has 158 valence electrons. The minimum absolute atomic E-state index is 0.0195. The van der Waals surface area contributed by atoms with E-state index in [1.54, 1.807) is 0 Å². The summed E-state index contributed by atoms with van der Waals surface area (Å²) in [5, 5.41) is 0.673. The maximum atomic E-state index is 13.8. The lowest BCUT2D eigenvalue weighted by Crippen LogP contribution is -2.61. The summed E-state index contributed by atoms with van der Waals surface area (Å²) in [7, 11) is 4.11. The molecule has 6 rings (SSSR count). The zero-order chi connectivity index (χ0) is 20.9. The summed E-state index contributed by atoms with van der Waals surface area (Å²) >= 11 is 6.09. The Morgan fingerprint density at radius 2 is 1.43 bits per heavy atom. The number of benzene rings is 2. The highest BCUT2D eigenvalue weighted by Crippen LogP contribution is 2.58.